The predicted molar refractivity (Wildman–Crippen MR) is 103 cm³/mol. The molecule has 3 rings (SSSR count). The van der Waals surface area contributed by atoms with Crippen LogP contribution < -0.4 is 10.1 Å². The Morgan fingerprint density at radius 2 is 2.00 bits per heavy atom. The number of methoxy groups -OCH3 is 1. The minimum Gasteiger partial charge on any atom is -0.496 e. The second-order valence-corrected chi connectivity index (χ2v) is 6.95. The third kappa shape index (κ3) is 4.61. The van der Waals surface area contributed by atoms with Crippen LogP contribution in [0.1, 0.15) is 11.1 Å². The average molecular weight is 374 g/mol. The number of halogens is 1. The van der Waals surface area contributed by atoms with E-state index in [2.05, 4.69) is 15.5 Å². The van der Waals surface area contributed by atoms with E-state index in [0.29, 0.717) is 16.6 Å². The van der Waals surface area contributed by atoms with Crippen LogP contribution in [0.15, 0.2) is 58.7 Å². The van der Waals surface area contributed by atoms with Gasteiger partial charge in [0.05, 0.1) is 18.6 Å². The van der Waals surface area contributed by atoms with Crippen LogP contribution >= 0.6 is 23.4 Å². The summed E-state index contributed by atoms with van der Waals surface area (Å²) in [6.45, 7) is 0. The Labute approximate surface area is 155 Å². The number of nitrogens with zero attached hydrogens (tertiary/aromatic N) is 2. The molecule has 128 valence electrons. The molecule has 0 radical (unpaired) electrons. The quantitative estimate of drug-likeness (QED) is 0.644. The molecule has 0 unspecified atom stereocenters. The molecule has 5 nitrogen and oxygen atoms in total. The zero-order valence-electron chi connectivity index (χ0n) is 13.5. The Bertz CT molecular complexity index is 821. The number of rotatable bonds is 5. The molecule has 0 saturated carbocycles. The Kier molecular flexibility index (Phi) is 5.73. The van der Waals surface area contributed by atoms with E-state index >= 15 is 0 Å². The van der Waals surface area contributed by atoms with Gasteiger partial charge >= 0.3 is 0 Å². The lowest BCUT2D eigenvalue weighted by Gasteiger charge is -2.05. The summed E-state index contributed by atoms with van der Waals surface area (Å²) in [6, 6.07) is 15.0. The van der Waals surface area contributed by atoms with Gasteiger partial charge in [-0.3, -0.25) is 4.79 Å². The number of carbonyl (C=O) groups excluding carboxylic acids is 1. The number of thioether (sulfide) groups is 1. The molecule has 1 amide bonds. The van der Waals surface area contributed by atoms with Crippen molar-refractivity contribution in [1.82, 2.24) is 5.32 Å². The first kappa shape index (κ1) is 17.5. The predicted octanol–water partition coefficient (Wildman–Crippen LogP) is 3.51. The third-order valence-electron chi connectivity index (χ3n) is 3.60. The highest BCUT2D eigenvalue weighted by molar-refractivity contribution is 8.15. The molecule has 1 saturated heterocycles. The SMILES string of the molecule is COc1ccccc1/C=N\N=C1/NC(=O)[C@@H](Cc2ccc(Cl)cc2)S1. The minimum atomic E-state index is -0.221. The Hall–Kier alpha value is -2.31. The molecule has 25 heavy (non-hydrogen) atoms. The van der Waals surface area contributed by atoms with E-state index in [1.807, 2.05) is 48.5 Å². The smallest absolute Gasteiger partial charge is 0.239 e. The zero-order valence-corrected chi connectivity index (χ0v) is 15.1. The van der Waals surface area contributed by atoms with Crippen LogP contribution in [0.4, 0.5) is 0 Å². The van der Waals surface area contributed by atoms with Gasteiger partial charge in [0.1, 0.15) is 5.75 Å². The van der Waals surface area contributed by atoms with Gasteiger partial charge in [-0.1, -0.05) is 47.6 Å². The molecule has 1 atom stereocenters. The lowest BCUT2D eigenvalue weighted by Crippen LogP contribution is -2.25. The number of nitrogens with one attached hydrogen (secondary N) is 1. The number of amides is 1. The zero-order chi connectivity index (χ0) is 17.6. The van der Waals surface area contributed by atoms with Gasteiger partial charge in [0.15, 0.2) is 5.17 Å². The maximum Gasteiger partial charge on any atom is 0.239 e. The average Bonchev–Trinajstić information content (AvgIpc) is 2.97. The van der Waals surface area contributed by atoms with Gasteiger partial charge < -0.3 is 10.1 Å². The van der Waals surface area contributed by atoms with Gasteiger partial charge in [-0.15, -0.1) is 5.10 Å². The fraction of sp³-hybridized carbons (Fsp3) is 0.167. The van der Waals surface area contributed by atoms with Crippen LogP contribution in [0.25, 0.3) is 0 Å². The van der Waals surface area contributed by atoms with E-state index in [-0.39, 0.29) is 11.2 Å². The summed E-state index contributed by atoms with van der Waals surface area (Å²) in [7, 11) is 1.60. The summed E-state index contributed by atoms with van der Waals surface area (Å²) in [5, 5.41) is 11.8. The molecule has 0 aliphatic carbocycles. The van der Waals surface area contributed by atoms with Crippen molar-refractivity contribution in [3.63, 3.8) is 0 Å². The van der Waals surface area contributed by atoms with Crippen molar-refractivity contribution in [2.75, 3.05) is 7.11 Å². The molecule has 1 aliphatic heterocycles. The topological polar surface area (TPSA) is 63.1 Å². The molecule has 2 aromatic carbocycles. The first-order chi connectivity index (χ1) is 12.2. The number of para-hydroxylation sites is 1. The highest BCUT2D eigenvalue weighted by Gasteiger charge is 2.30. The molecule has 7 heteroatoms. The lowest BCUT2D eigenvalue weighted by atomic mass is 10.1. The summed E-state index contributed by atoms with van der Waals surface area (Å²) in [5.41, 5.74) is 1.87. The summed E-state index contributed by atoms with van der Waals surface area (Å²) in [5.74, 6) is 0.654. The van der Waals surface area contributed by atoms with E-state index in [9.17, 15) is 4.79 Å². The summed E-state index contributed by atoms with van der Waals surface area (Å²) < 4.78 is 5.25. The van der Waals surface area contributed by atoms with E-state index in [4.69, 9.17) is 16.3 Å². The van der Waals surface area contributed by atoms with E-state index in [0.717, 1.165) is 16.9 Å². The lowest BCUT2D eigenvalue weighted by molar-refractivity contribution is -0.118. The fourth-order valence-corrected chi connectivity index (χ4v) is 3.43. The Morgan fingerprint density at radius 1 is 1.24 bits per heavy atom. The standard InChI is InChI=1S/C18H16ClN3O2S/c1-24-15-5-3-2-4-13(15)11-20-22-18-21-17(23)16(25-18)10-12-6-8-14(19)9-7-12/h2-9,11,16H,10H2,1H3,(H,21,22,23)/b20-11-/t16-/m1/s1. The summed E-state index contributed by atoms with van der Waals surface area (Å²) in [4.78, 5) is 12.1. The minimum absolute atomic E-state index is 0.0637. The first-order valence-electron chi connectivity index (χ1n) is 7.61. The van der Waals surface area contributed by atoms with Gasteiger partial charge in [0.2, 0.25) is 5.91 Å². The van der Waals surface area contributed by atoms with Gasteiger partial charge in [-0.25, -0.2) is 0 Å². The van der Waals surface area contributed by atoms with Crippen molar-refractivity contribution in [2.24, 2.45) is 10.2 Å². The van der Waals surface area contributed by atoms with Crippen molar-refractivity contribution in [1.29, 1.82) is 0 Å². The Morgan fingerprint density at radius 3 is 2.76 bits per heavy atom. The molecule has 0 bridgehead atoms. The number of benzene rings is 2. The number of hydrogen-bond donors (Lipinski definition) is 1. The second kappa shape index (κ2) is 8.18. The van der Waals surface area contributed by atoms with Crippen molar-refractivity contribution < 1.29 is 9.53 Å². The molecule has 0 aromatic heterocycles. The Balaban J connectivity index is 1.64. The normalized spacial score (nSPS) is 18.7. The van der Waals surface area contributed by atoms with Gasteiger partial charge in [-0.2, -0.15) is 5.10 Å². The number of carbonyl (C=O) groups is 1. The second-order valence-electron chi connectivity index (χ2n) is 5.32. The molecule has 2 aromatic rings. The molecular formula is C18H16ClN3O2S. The number of amidine groups is 1. The third-order valence-corrected chi connectivity index (χ3v) is 4.92. The monoisotopic (exact) mass is 373 g/mol. The molecule has 1 heterocycles. The molecule has 0 spiro atoms. The fourth-order valence-electron chi connectivity index (χ4n) is 2.34. The van der Waals surface area contributed by atoms with Crippen LogP contribution in [0, 0.1) is 0 Å². The maximum absolute atomic E-state index is 12.1. The van der Waals surface area contributed by atoms with Crippen LogP contribution in [0.5, 0.6) is 5.75 Å². The van der Waals surface area contributed by atoms with Crippen molar-refractivity contribution in [3.05, 3.63) is 64.7 Å². The largest absolute Gasteiger partial charge is 0.496 e. The summed E-state index contributed by atoms with van der Waals surface area (Å²) >= 11 is 7.26. The van der Waals surface area contributed by atoms with Crippen LogP contribution in [-0.4, -0.2) is 29.6 Å². The number of hydrogen-bond acceptors (Lipinski definition) is 5. The van der Waals surface area contributed by atoms with Crippen molar-refractivity contribution in [2.45, 2.75) is 11.7 Å². The molecule has 1 aliphatic rings. The molecular weight excluding hydrogens is 358 g/mol. The van der Waals surface area contributed by atoms with E-state index in [1.165, 1.54) is 11.8 Å². The first-order valence-corrected chi connectivity index (χ1v) is 8.87. The highest BCUT2D eigenvalue weighted by Crippen LogP contribution is 2.24. The van der Waals surface area contributed by atoms with Crippen molar-refractivity contribution >= 4 is 40.7 Å². The maximum atomic E-state index is 12.1. The van der Waals surface area contributed by atoms with Gasteiger partial charge in [0.25, 0.3) is 0 Å². The number of ether oxygens (including phenoxy) is 1. The molecule has 1 N–H and O–H groups in total. The summed E-state index contributed by atoms with van der Waals surface area (Å²) in [6.07, 6.45) is 2.22. The van der Waals surface area contributed by atoms with E-state index < -0.39 is 0 Å². The molecule has 1 fully saturated rings. The van der Waals surface area contributed by atoms with Gasteiger partial charge in [0, 0.05) is 10.6 Å². The van der Waals surface area contributed by atoms with Crippen LogP contribution in [0.3, 0.4) is 0 Å². The van der Waals surface area contributed by atoms with Gasteiger partial charge in [-0.05, 0) is 36.2 Å². The van der Waals surface area contributed by atoms with Crippen LogP contribution in [-0.2, 0) is 11.2 Å². The van der Waals surface area contributed by atoms with Crippen molar-refractivity contribution in [3.8, 4) is 5.75 Å². The highest BCUT2D eigenvalue weighted by atomic mass is 35.5. The van der Waals surface area contributed by atoms with E-state index in [1.54, 1.807) is 13.3 Å². The van der Waals surface area contributed by atoms with Crippen LogP contribution in [0.2, 0.25) is 5.02 Å².